The van der Waals surface area contributed by atoms with Crippen LogP contribution in [-0.4, -0.2) is 35.5 Å². The number of carboxylic acids is 1. The molecule has 6 nitrogen and oxygen atoms in total. The van der Waals surface area contributed by atoms with Crippen molar-refractivity contribution in [3.63, 3.8) is 0 Å². The second-order valence-electron chi connectivity index (χ2n) is 3.57. The van der Waals surface area contributed by atoms with Crippen molar-refractivity contribution in [1.82, 2.24) is 10.2 Å². The second kappa shape index (κ2) is 4.79. The summed E-state index contributed by atoms with van der Waals surface area (Å²) in [6.07, 6.45) is 0. The summed E-state index contributed by atoms with van der Waals surface area (Å²) in [6.45, 7) is 0. The van der Waals surface area contributed by atoms with Crippen molar-refractivity contribution in [3.05, 3.63) is 30.0 Å². The molecule has 0 aliphatic carbocycles. The van der Waals surface area contributed by atoms with Crippen LogP contribution in [0.25, 0.3) is 11.3 Å². The van der Waals surface area contributed by atoms with E-state index >= 15 is 0 Å². The Morgan fingerprint density at radius 1 is 1.17 bits per heavy atom. The van der Waals surface area contributed by atoms with Crippen molar-refractivity contribution in [1.29, 1.82) is 0 Å². The Labute approximate surface area is 103 Å². The lowest BCUT2D eigenvalue weighted by molar-refractivity contribution is 0.0690. The lowest BCUT2D eigenvalue weighted by Gasteiger charge is -2.06. The standard InChI is InChI=1S/C12H12N2O4/c1-17-8-3-7(4-9(5-8)18-2)10-6-11(12(15)16)14-13-10/h3-6H,1-2H3,(H,13,14)(H,15,16). The van der Waals surface area contributed by atoms with Crippen LogP contribution in [0.5, 0.6) is 11.5 Å². The number of aromatic nitrogens is 2. The Hall–Kier alpha value is -2.50. The summed E-state index contributed by atoms with van der Waals surface area (Å²) in [4.78, 5) is 10.8. The highest BCUT2D eigenvalue weighted by atomic mass is 16.5. The van der Waals surface area contributed by atoms with Gasteiger partial charge in [0.1, 0.15) is 17.2 Å². The average molecular weight is 248 g/mol. The maximum Gasteiger partial charge on any atom is 0.353 e. The fraction of sp³-hybridized carbons (Fsp3) is 0.167. The SMILES string of the molecule is COc1cc(OC)cc(-c2cc(C(=O)O)[nH]n2)c1. The number of methoxy groups -OCH3 is 2. The number of hydrogen-bond donors (Lipinski definition) is 2. The first kappa shape index (κ1) is 12.0. The molecule has 0 aliphatic rings. The zero-order valence-electron chi connectivity index (χ0n) is 9.93. The molecule has 1 heterocycles. The van der Waals surface area contributed by atoms with Crippen molar-refractivity contribution in [3.8, 4) is 22.8 Å². The lowest BCUT2D eigenvalue weighted by Crippen LogP contribution is -1.95. The summed E-state index contributed by atoms with van der Waals surface area (Å²) in [5.41, 5.74) is 1.27. The molecule has 2 N–H and O–H groups in total. The molecule has 0 amide bonds. The Bertz CT molecular complexity index is 555. The molecule has 0 bridgehead atoms. The predicted molar refractivity (Wildman–Crippen MR) is 64.1 cm³/mol. The largest absolute Gasteiger partial charge is 0.497 e. The fourth-order valence-corrected chi connectivity index (χ4v) is 1.53. The number of benzene rings is 1. The molecule has 94 valence electrons. The number of ether oxygens (including phenoxy) is 2. The molecule has 2 aromatic rings. The van der Waals surface area contributed by atoms with Crippen LogP contribution >= 0.6 is 0 Å². The van der Waals surface area contributed by atoms with E-state index in [1.807, 2.05) is 0 Å². The minimum Gasteiger partial charge on any atom is -0.497 e. The van der Waals surface area contributed by atoms with Crippen LogP contribution < -0.4 is 9.47 Å². The van der Waals surface area contributed by atoms with E-state index in [9.17, 15) is 4.79 Å². The van der Waals surface area contributed by atoms with Crippen LogP contribution in [0.2, 0.25) is 0 Å². The van der Waals surface area contributed by atoms with Gasteiger partial charge in [-0.1, -0.05) is 0 Å². The van der Waals surface area contributed by atoms with Gasteiger partial charge in [0.15, 0.2) is 0 Å². The number of aromatic carboxylic acids is 1. The monoisotopic (exact) mass is 248 g/mol. The van der Waals surface area contributed by atoms with Gasteiger partial charge in [-0.3, -0.25) is 5.10 Å². The average Bonchev–Trinajstić information content (AvgIpc) is 2.87. The summed E-state index contributed by atoms with van der Waals surface area (Å²) in [6, 6.07) is 6.69. The summed E-state index contributed by atoms with van der Waals surface area (Å²) in [7, 11) is 3.09. The molecule has 0 unspecified atom stereocenters. The van der Waals surface area contributed by atoms with Crippen LogP contribution in [0.1, 0.15) is 10.5 Å². The number of carboxylic acid groups (broad SMARTS) is 1. The summed E-state index contributed by atoms with van der Waals surface area (Å²) in [5, 5.41) is 15.2. The minimum absolute atomic E-state index is 0.0341. The topological polar surface area (TPSA) is 84.4 Å². The van der Waals surface area contributed by atoms with Gasteiger partial charge < -0.3 is 14.6 Å². The summed E-state index contributed by atoms with van der Waals surface area (Å²) in [5.74, 6) is 0.178. The van der Waals surface area contributed by atoms with Gasteiger partial charge in [0.05, 0.1) is 19.9 Å². The van der Waals surface area contributed by atoms with Crippen molar-refractivity contribution >= 4 is 5.97 Å². The van der Waals surface area contributed by atoms with Gasteiger partial charge in [0.25, 0.3) is 0 Å². The number of aromatic amines is 1. The van der Waals surface area contributed by atoms with E-state index < -0.39 is 5.97 Å². The predicted octanol–water partition coefficient (Wildman–Crippen LogP) is 1.79. The molecule has 0 aliphatic heterocycles. The van der Waals surface area contributed by atoms with Gasteiger partial charge in [0.2, 0.25) is 0 Å². The van der Waals surface area contributed by atoms with E-state index in [-0.39, 0.29) is 5.69 Å². The van der Waals surface area contributed by atoms with Gasteiger partial charge in [-0.05, 0) is 18.2 Å². The molecular formula is C12H12N2O4. The number of H-pyrrole nitrogens is 1. The zero-order valence-corrected chi connectivity index (χ0v) is 9.93. The summed E-state index contributed by atoms with van der Waals surface area (Å²) >= 11 is 0. The maximum absolute atomic E-state index is 10.8. The van der Waals surface area contributed by atoms with Gasteiger partial charge in [-0.2, -0.15) is 5.10 Å². The molecular weight excluding hydrogens is 236 g/mol. The Morgan fingerprint density at radius 2 is 1.78 bits per heavy atom. The smallest absolute Gasteiger partial charge is 0.353 e. The second-order valence-corrected chi connectivity index (χ2v) is 3.57. The highest BCUT2D eigenvalue weighted by molar-refractivity contribution is 5.86. The van der Waals surface area contributed by atoms with Crippen molar-refractivity contribution in [2.24, 2.45) is 0 Å². The van der Waals surface area contributed by atoms with E-state index in [2.05, 4.69) is 10.2 Å². The van der Waals surface area contributed by atoms with Gasteiger partial charge in [0, 0.05) is 11.6 Å². The Balaban J connectivity index is 2.45. The van der Waals surface area contributed by atoms with Crippen molar-refractivity contribution in [2.75, 3.05) is 14.2 Å². The number of nitrogens with one attached hydrogen (secondary N) is 1. The number of rotatable bonds is 4. The quantitative estimate of drug-likeness (QED) is 0.861. The number of carbonyl (C=O) groups is 1. The van der Waals surface area contributed by atoms with Gasteiger partial charge in [-0.25, -0.2) is 4.79 Å². The minimum atomic E-state index is -1.05. The van der Waals surface area contributed by atoms with Gasteiger partial charge >= 0.3 is 5.97 Å². The first-order chi connectivity index (χ1) is 8.63. The molecule has 18 heavy (non-hydrogen) atoms. The van der Waals surface area contributed by atoms with E-state index in [1.165, 1.54) is 6.07 Å². The van der Waals surface area contributed by atoms with E-state index in [0.29, 0.717) is 17.2 Å². The molecule has 0 saturated carbocycles. The Morgan fingerprint density at radius 3 is 2.22 bits per heavy atom. The van der Waals surface area contributed by atoms with Crippen LogP contribution in [-0.2, 0) is 0 Å². The third kappa shape index (κ3) is 2.27. The summed E-state index contributed by atoms with van der Waals surface area (Å²) < 4.78 is 10.3. The highest BCUT2D eigenvalue weighted by Gasteiger charge is 2.11. The molecule has 2 rings (SSSR count). The molecule has 1 aromatic carbocycles. The molecule has 6 heteroatoms. The van der Waals surface area contributed by atoms with E-state index in [4.69, 9.17) is 14.6 Å². The maximum atomic E-state index is 10.8. The molecule has 0 radical (unpaired) electrons. The van der Waals surface area contributed by atoms with Gasteiger partial charge in [-0.15, -0.1) is 0 Å². The zero-order chi connectivity index (χ0) is 13.1. The lowest BCUT2D eigenvalue weighted by atomic mass is 10.1. The normalized spacial score (nSPS) is 10.1. The molecule has 0 atom stereocenters. The van der Waals surface area contributed by atoms with Crippen molar-refractivity contribution < 1.29 is 19.4 Å². The number of nitrogens with zero attached hydrogens (tertiary/aromatic N) is 1. The highest BCUT2D eigenvalue weighted by Crippen LogP contribution is 2.28. The molecule has 0 saturated heterocycles. The fourth-order valence-electron chi connectivity index (χ4n) is 1.53. The third-order valence-corrected chi connectivity index (χ3v) is 2.46. The molecule has 0 spiro atoms. The van der Waals surface area contributed by atoms with Crippen molar-refractivity contribution in [2.45, 2.75) is 0 Å². The first-order valence-electron chi connectivity index (χ1n) is 5.16. The first-order valence-corrected chi connectivity index (χ1v) is 5.16. The van der Waals surface area contributed by atoms with Crippen LogP contribution in [0.15, 0.2) is 24.3 Å². The van der Waals surface area contributed by atoms with E-state index in [1.54, 1.807) is 32.4 Å². The Kier molecular flexibility index (Phi) is 3.18. The van der Waals surface area contributed by atoms with Crippen LogP contribution in [0.4, 0.5) is 0 Å². The van der Waals surface area contributed by atoms with Crippen LogP contribution in [0, 0.1) is 0 Å². The third-order valence-electron chi connectivity index (χ3n) is 2.46. The molecule has 0 fully saturated rings. The number of hydrogen-bond acceptors (Lipinski definition) is 4. The van der Waals surface area contributed by atoms with Crippen LogP contribution in [0.3, 0.4) is 0 Å². The molecule has 1 aromatic heterocycles. The van der Waals surface area contributed by atoms with E-state index in [0.717, 1.165) is 5.56 Å².